The Hall–Kier alpha value is -0.930. The smallest absolute Gasteiger partial charge is 0.149 e. The Morgan fingerprint density at radius 1 is 1.13 bits per heavy atom. The fraction of sp³-hybridized carbons (Fsp3) is 0.0909. The van der Waals surface area contributed by atoms with Crippen molar-refractivity contribution in [1.82, 2.24) is 10.2 Å². The van der Waals surface area contributed by atoms with E-state index in [0.717, 1.165) is 27.7 Å². The van der Waals surface area contributed by atoms with E-state index in [2.05, 4.69) is 38.3 Å². The highest BCUT2D eigenvalue weighted by atomic mass is 79.9. The van der Waals surface area contributed by atoms with Gasteiger partial charge in [-0.25, -0.2) is 0 Å². The Morgan fingerprint density at radius 2 is 2.00 bits per heavy atom. The molecule has 4 heteroatoms. The fourth-order valence-electron chi connectivity index (χ4n) is 1.91. The Labute approximate surface area is 100 Å². The first-order valence-electron chi connectivity index (χ1n) is 4.55. The van der Waals surface area contributed by atoms with E-state index < -0.39 is 0 Å². The minimum absolute atomic E-state index is 0.459. The van der Waals surface area contributed by atoms with Crippen LogP contribution in [0.3, 0.4) is 0 Å². The van der Waals surface area contributed by atoms with E-state index in [0.29, 0.717) is 5.15 Å². The van der Waals surface area contributed by atoms with Gasteiger partial charge < -0.3 is 0 Å². The molecule has 2 aromatic rings. The molecule has 1 heterocycles. The van der Waals surface area contributed by atoms with Gasteiger partial charge in [-0.1, -0.05) is 33.6 Å². The lowest BCUT2D eigenvalue weighted by atomic mass is 10.1. The predicted octanol–water partition coefficient (Wildman–Crippen LogP) is 3.46. The Kier molecular flexibility index (Phi) is 2.04. The SMILES string of the molecule is Clc1cc2c(nn1)-c1ccc(Br)cc1C2. The van der Waals surface area contributed by atoms with Crippen LogP contribution in [-0.2, 0) is 6.42 Å². The van der Waals surface area contributed by atoms with E-state index in [4.69, 9.17) is 11.6 Å². The van der Waals surface area contributed by atoms with Crippen LogP contribution in [0.15, 0.2) is 28.7 Å². The van der Waals surface area contributed by atoms with Gasteiger partial charge >= 0.3 is 0 Å². The molecule has 15 heavy (non-hydrogen) atoms. The Morgan fingerprint density at radius 3 is 2.87 bits per heavy atom. The molecule has 3 rings (SSSR count). The fourth-order valence-corrected chi connectivity index (χ4v) is 2.49. The summed E-state index contributed by atoms with van der Waals surface area (Å²) in [6.45, 7) is 0. The molecule has 1 aliphatic carbocycles. The van der Waals surface area contributed by atoms with Crippen LogP contribution in [0.2, 0.25) is 5.15 Å². The first-order chi connectivity index (χ1) is 7.24. The van der Waals surface area contributed by atoms with Crippen molar-refractivity contribution >= 4 is 27.5 Å². The molecule has 2 nitrogen and oxygen atoms in total. The summed E-state index contributed by atoms with van der Waals surface area (Å²) in [5.74, 6) is 0. The van der Waals surface area contributed by atoms with Gasteiger partial charge in [0.2, 0.25) is 0 Å². The van der Waals surface area contributed by atoms with Crippen molar-refractivity contribution in [2.45, 2.75) is 6.42 Å². The lowest BCUT2D eigenvalue weighted by Gasteiger charge is -1.98. The van der Waals surface area contributed by atoms with Crippen molar-refractivity contribution in [3.05, 3.63) is 45.0 Å². The van der Waals surface area contributed by atoms with Crippen LogP contribution >= 0.6 is 27.5 Å². The number of hydrogen-bond donors (Lipinski definition) is 0. The summed E-state index contributed by atoms with van der Waals surface area (Å²) >= 11 is 9.28. The van der Waals surface area contributed by atoms with E-state index in [1.807, 2.05) is 12.1 Å². The van der Waals surface area contributed by atoms with Gasteiger partial charge in [-0.2, -0.15) is 0 Å². The van der Waals surface area contributed by atoms with E-state index >= 15 is 0 Å². The van der Waals surface area contributed by atoms with Crippen molar-refractivity contribution in [3.8, 4) is 11.3 Å². The van der Waals surface area contributed by atoms with Crippen LogP contribution in [0.5, 0.6) is 0 Å². The van der Waals surface area contributed by atoms with E-state index in [9.17, 15) is 0 Å². The van der Waals surface area contributed by atoms with Crippen LogP contribution in [-0.4, -0.2) is 10.2 Å². The molecule has 0 spiro atoms. The molecule has 0 radical (unpaired) electrons. The predicted molar refractivity (Wildman–Crippen MR) is 63.0 cm³/mol. The molecule has 0 fully saturated rings. The summed E-state index contributed by atoms with van der Waals surface area (Å²) in [5.41, 5.74) is 4.55. The van der Waals surface area contributed by atoms with E-state index in [1.54, 1.807) is 0 Å². The topological polar surface area (TPSA) is 25.8 Å². The monoisotopic (exact) mass is 280 g/mol. The summed E-state index contributed by atoms with van der Waals surface area (Å²) in [6.07, 6.45) is 0.888. The van der Waals surface area contributed by atoms with Gasteiger partial charge in [0.25, 0.3) is 0 Å². The first kappa shape index (κ1) is 9.31. The second kappa shape index (κ2) is 3.29. The summed E-state index contributed by atoms with van der Waals surface area (Å²) in [6, 6.07) is 8.08. The second-order valence-corrected chi connectivity index (χ2v) is 4.82. The van der Waals surface area contributed by atoms with Gasteiger partial charge in [-0.05, 0) is 29.3 Å². The Balaban J connectivity index is 2.24. The van der Waals surface area contributed by atoms with E-state index in [-0.39, 0.29) is 0 Å². The van der Waals surface area contributed by atoms with Gasteiger partial charge in [0.05, 0.1) is 5.69 Å². The van der Waals surface area contributed by atoms with E-state index in [1.165, 1.54) is 5.56 Å². The summed E-state index contributed by atoms with van der Waals surface area (Å²) < 4.78 is 1.09. The van der Waals surface area contributed by atoms with Gasteiger partial charge in [0.15, 0.2) is 5.15 Å². The number of halogens is 2. The van der Waals surface area contributed by atoms with Gasteiger partial charge in [-0.15, -0.1) is 10.2 Å². The van der Waals surface area contributed by atoms with Crippen molar-refractivity contribution in [3.63, 3.8) is 0 Å². The molecule has 74 valence electrons. The molecular formula is C11H6BrClN2. The molecule has 1 aliphatic rings. The normalized spacial score (nSPS) is 12.4. The quantitative estimate of drug-likeness (QED) is 0.630. The van der Waals surface area contributed by atoms with Crippen molar-refractivity contribution in [2.24, 2.45) is 0 Å². The molecule has 1 aromatic carbocycles. The minimum atomic E-state index is 0.459. The number of rotatable bonds is 0. The zero-order valence-electron chi connectivity index (χ0n) is 7.67. The standard InChI is InChI=1S/C11H6BrClN2/c12-8-1-2-9-6(4-8)3-7-5-10(13)14-15-11(7)9/h1-2,4-5H,3H2. The second-order valence-electron chi connectivity index (χ2n) is 3.52. The average molecular weight is 282 g/mol. The molecule has 0 amide bonds. The third-order valence-corrected chi connectivity index (χ3v) is 3.22. The maximum Gasteiger partial charge on any atom is 0.152 e. The minimum Gasteiger partial charge on any atom is -0.149 e. The molecule has 0 saturated carbocycles. The lowest BCUT2D eigenvalue weighted by molar-refractivity contribution is 1.03. The molecule has 0 aliphatic heterocycles. The van der Waals surface area contributed by atoms with Crippen LogP contribution in [0.1, 0.15) is 11.1 Å². The number of benzene rings is 1. The van der Waals surface area contributed by atoms with Crippen LogP contribution in [0.25, 0.3) is 11.3 Å². The molecule has 0 N–H and O–H groups in total. The maximum atomic E-state index is 5.81. The third kappa shape index (κ3) is 1.46. The van der Waals surface area contributed by atoms with Crippen LogP contribution in [0.4, 0.5) is 0 Å². The van der Waals surface area contributed by atoms with Crippen LogP contribution < -0.4 is 0 Å². The summed E-state index contributed by atoms with van der Waals surface area (Å²) in [5, 5.41) is 8.47. The number of nitrogens with zero attached hydrogens (tertiary/aromatic N) is 2. The number of hydrogen-bond acceptors (Lipinski definition) is 2. The summed E-state index contributed by atoms with van der Waals surface area (Å²) in [7, 11) is 0. The molecule has 0 atom stereocenters. The zero-order chi connectivity index (χ0) is 10.4. The number of aromatic nitrogens is 2. The average Bonchev–Trinajstić information content (AvgIpc) is 2.53. The highest BCUT2D eigenvalue weighted by Gasteiger charge is 2.20. The molecule has 0 bridgehead atoms. The maximum absolute atomic E-state index is 5.81. The highest BCUT2D eigenvalue weighted by molar-refractivity contribution is 9.10. The third-order valence-electron chi connectivity index (χ3n) is 2.55. The summed E-state index contributed by atoms with van der Waals surface area (Å²) in [4.78, 5) is 0. The molecular weight excluding hydrogens is 275 g/mol. The highest BCUT2D eigenvalue weighted by Crippen LogP contribution is 2.36. The first-order valence-corrected chi connectivity index (χ1v) is 5.72. The molecule has 1 aromatic heterocycles. The van der Waals surface area contributed by atoms with Gasteiger partial charge in [0, 0.05) is 16.5 Å². The zero-order valence-corrected chi connectivity index (χ0v) is 10.0. The van der Waals surface area contributed by atoms with Crippen molar-refractivity contribution in [2.75, 3.05) is 0 Å². The lowest BCUT2D eigenvalue weighted by Crippen LogP contribution is -1.88. The van der Waals surface area contributed by atoms with Gasteiger partial charge in [-0.3, -0.25) is 0 Å². The van der Waals surface area contributed by atoms with Crippen molar-refractivity contribution < 1.29 is 0 Å². The van der Waals surface area contributed by atoms with Gasteiger partial charge in [0.1, 0.15) is 0 Å². The molecule has 0 saturated heterocycles. The van der Waals surface area contributed by atoms with Crippen LogP contribution in [0, 0.1) is 0 Å². The van der Waals surface area contributed by atoms with Crippen molar-refractivity contribution in [1.29, 1.82) is 0 Å². The molecule has 0 unspecified atom stereocenters. The Bertz CT molecular complexity index is 505. The largest absolute Gasteiger partial charge is 0.152 e. The number of fused-ring (bicyclic) bond motifs is 3.